The van der Waals surface area contributed by atoms with Gasteiger partial charge in [0.2, 0.25) is 0 Å². The maximum atomic E-state index is 12.3. The third-order valence-corrected chi connectivity index (χ3v) is 6.04. The van der Waals surface area contributed by atoms with E-state index in [2.05, 4.69) is 5.32 Å². The molecule has 0 saturated heterocycles. The van der Waals surface area contributed by atoms with Gasteiger partial charge in [-0.3, -0.25) is 14.4 Å². The van der Waals surface area contributed by atoms with Crippen molar-refractivity contribution in [3.05, 3.63) is 39.8 Å². The molecule has 0 saturated carbocycles. The van der Waals surface area contributed by atoms with Gasteiger partial charge in [0.1, 0.15) is 5.00 Å². The molecule has 0 atom stereocenters. The van der Waals surface area contributed by atoms with Gasteiger partial charge in [0.05, 0.1) is 26.2 Å². The molecule has 0 spiro atoms. The molecule has 2 aromatic rings. The number of methoxy groups -OCH3 is 2. The molecule has 0 fully saturated rings. The highest BCUT2D eigenvalue weighted by Crippen LogP contribution is 2.37. The number of hydrogen-bond acceptors (Lipinski definition) is 7. The Morgan fingerprint density at radius 1 is 1.10 bits per heavy atom. The number of anilines is 1. The van der Waals surface area contributed by atoms with Crippen LogP contribution < -0.4 is 20.5 Å². The van der Waals surface area contributed by atoms with Gasteiger partial charge < -0.3 is 25.3 Å². The van der Waals surface area contributed by atoms with Gasteiger partial charge in [-0.15, -0.1) is 11.3 Å². The number of benzene rings is 1. The maximum Gasteiger partial charge on any atom is 0.310 e. The monoisotopic (exact) mass is 432 g/mol. The summed E-state index contributed by atoms with van der Waals surface area (Å²) in [4.78, 5) is 37.3. The van der Waals surface area contributed by atoms with E-state index in [9.17, 15) is 14.4 Å². The fourth-order valence-corrected chi connectivity index (χ4v) is 4.74. The van der Waals surface area contributed by atoms with Crippen molar-refractivity contribution in [1.29, 1.82) is 0 Å². The van der Waals surface area contributed by atoms with Crippen LogP contribution in [-0.4, -0.2) is 38.6 Å². The van der Waals surface area contributed by atoms with Crippen LogP contribution in [0.15, 0.2) is 18.2 Å². The molecule has 160 valence electrons. The van der Waals surface area contributed by atoms with Crippen LogP contribution >= 0.6 is 11.3 Å². The first-order valence-corrected chi connectivity index (χ1v) is 10.3. The number of thiophene rings is 1. The van der Waals surface area contributed by atoms with Crippen molar-refractivity contribution in [2.45, 2.75) is 32.1 Å². The van der Waals surface area contributed by atoms with E-state index in [0.717, 1.165) is 36.1 Å². The molecular formula is C21H24N2O6S. The zero-order valence-electron chi connectivity index (χ0n) is 16.9. The predicted octanol–water partition coefficient (Wildman–Crippen LogP) is 2.47. The molecule has 3 rings (SSSR count). The fourth-order valence-electron chi connectivity index (χ4n) is 3.43. The molecule has 1 aromatic heterocycles. The minimum absolute atomic E-state index is 0.0204. The highest BCUT2D eigenvalue weighted by molar-refractivity contribution is 7.17. The largest absolute Gasteiger partial charge is 0.493 e. The normalized spacial score (nSPS) is 12.6. The van der Waals surface area contributed by atoms with E-state index in [0.29, 0.717) is 27.6 Å². The Labute approximate surface area is 178 Å². The lowest BCUT2D eigenvalue weighted by Gasteiger charge is -2.11. The molecule has 1 aliphatic rings. The summed E-state index contributed by atoms with van der Waals surface area (Å²) in [6, 6.07) is 5.09. The van der Waals surface area contributed by atoms with E-state index < -0.39 is 24.4 Å². The Kier molecular flexibility index (Phi) is 6.94. The molecule has 1 aromatic carbocycles. The van der Waals surface area contributed by atoms with Crippen LogP contribution in [0.1, 0.15) is 39.2 Å². The van der Waals surface area contributed by atoms with Gasteiger partial charge in [0.25, 0.3) is 11.8 Å². The van der Waals surface area contributed by atoms with Crippen molar-refractivity contribution >= 4 is 34.1 Å². The van der Waals surface area contributed by atoms with Crippen molar-refractivity contribution in [1.82, 2.24) is 0 Å². The van der Waals surface area contributed by atoms with Crippen LogP contribution in [0.4, 0.5) is 5.00 Å². The minimum Gasteiger partial charge on any atom is -0.493 e. The molecule has 8 nitrogen and oxygen atoms in total. The van der Waals surface area contributed by atoms with Crippen molar-refractivity contribution in [3.8, 4) is 11.5 Å². The third kappa shape index (κ3) is 4.91. The standard InChI is InChI=1S/C21H24N2O6S/c1-27-14-8-7-12(9-15(14)28-2)10-18(25)29-11-17(24)23-21-19(20(22)26)13-5-3-4-6-16(13)30-21/h7-9H,3-6,10-11H2,1-2H3,(H2,22,26)(H,23,24). The first-order chi connectivity index (χ1) is 14.4. The number of aryl methyl sites for hydroxylation is 1. The van der Waals surface area contributed by atoms with Gasteiger partial charge in [-0.2, -0.15) is 0 Å². The number of nitrogens with one attached hydrogen (secondary N) is 1. The Balaban J connectivity index is 1.58. The van der Waals surface area contributed by atoms with E-state index in [1.165, 1.54) is 25.6 Å². The molecule has 0 bridgehead atoms. The SMILES string of the molecule is COc1ccc(CC(=O)OCC(=O)Nc2sc3c(c2C(N)=O)CCCC3)cc1OC. The zero-order valence-corrected chi connectivity index (χ0v) is 17.7. The molecule has 0 unspecified atom stereocenters. The van der Waals surface area contributed by atoms with Crippen molar-refractivity contribution in [3.63, 3.8) is 0 Å². The summed E-state index contributed by atoms with van der Waals surface area (Å²) < 4.78 is 15.5. The van der Waals surface area contributed by atoms with Crippen LogP contribution in [0.2, 0.25) is 0 Å². The predicted molar refractivity (Wildman–Crippen MR) is 112 cm³/mol. The molecule has 0 aliphatic heterocycles. The number of fused-ring (bicyclic) bond motifs is 1. The van der Waals surface area contributed by atoms with Gasteiger partial charge in [-0.25, -0.2) is 0 Å². The first kappa shape index (κ1) is 21.6. The maximum absolute atomic E-state index is 12.3. The second-order valence-corrected chi connectivity index (χ2v) is 7.96. The molecule has 1 aliphatic carbocycles. The van der Waals surface area contributed by atoms with Crippen LogP contribution in [0, 0.1) is 0 Å². The second kappa shape index (κ2) is 9.62. The van der Waals surface area contributed by atoms with Gasteiger partial charge in [0, 0.05) is 4.88 Å². The Morgan fingerprint density at radius 2 is 1.83 bits per heavy atom. The number of ether oxygens (including phenoxy) is 3. The second-order valence-electron chi connectivity index (χ2n) is 6.85. The zero-order chi connectivity index (χ0) is 21.7. The van der Waals surface area contributed by atoms with E-state index in [1.807, 2.05) is 0 Å². The highest BCUT2D eigenvalue weighted by Gasteiger charge is 2.25. The highest BCUT2D eigenvalue weighted by atomic mass is 32.1. The van der Waals surface area contributed by atoms with Crippen LogP contribution in [-0.2, 0) is 33.6 Å². The molecule has 30 heavy (non-hydrogen) atoms. The lowest BCUT2D eigenvalue weighted by Crippen LogP contribution is -2.23. The average molecular weight is 432 g/mol. The third-order valence-electron chi connectivity index (χ3n) is 4.83. The van der Waals surface area contributed by atoms with Crippen LogP contribution in [0.25, 0.3) is 0 Å². The molecular weight excluding hydrogens is 408 g/mol. The number of amides is 2. The number of nitrogens with two attached hydrogens (primary N) is 1. The fraction of sp³-hybridized carbons (Fsp3) is 0.381. The summed E-state index contributed by atoms with van der Waals surface area (Å²) in [6.45, 7) is -0.451. The number of primary amides is 1. The van der Waals surface area contributed by atoms with E-state index in [-0.39, 0.29) is 6.42 Å². The summed E-state index contributed by atoms with van der Waals surface area (Å²) >= 11 is 1.36. The van der Waals surface area contributed by atoms with Gasteiger partial charge in [-0.1, -0.05) is 6.07 Å². The smallest absolute Gasteiger partial charge is 0.310 e. The van der Waals surface area contributed by atoms with Gasteiger partial charge in [-0.05, 0) is 48.9 Å². The minimum atomic E-state index is -0.560. The molecule has 1 heterocycles. The molecule has 3 N–H and O–H groups in total. The lowest BCUT2D eigenvalue weighted by atomic mass is 9.95. The average Bonchev–Trinajstić information content (AvgIpc) is 3.10. The number of esters is 1. The van der Waals surface area contributed by atoms with Gasteiger partial charge >= 0.3 is 5.97 Å². The van der Waals surface area contributed by atoms with Crippen molar-refractivity contribution in [2.75, 3.05) is 26.1 Å². The summed E-state index contributed by atoms with van der Waals surface area (Å²) in [6.07, 6.45) is 3.67. The van der Waals surface area contributed by atoms with Crippen LogP contribution in [0.5, 0.6) is 11.5 Å². The quantitative estimate of drug-likeness (QED) is 0.619. The Bertz CT molecular complexity index is 969. The van der Waals surface area contributed by atoms with E-state index >= 15 is 0 Å². The van der Waals surface area contributed by atoms with Crippen molar-refractivity contribution < 1.29 is 28.6 Å². The van der Waals surface area contributed by atoms with Crippen LogP contribution in [0.3, 0.4) is 0 Å². The lowest BCUT2D eigenvalue weighted by molar-refractivity contribution is -0.146. The van der Waals surface area contributed by atoms with Gasteiger partial charge in [0.15, 0.2) is 18.1 Å². The number of hydrogen-bond donors (Lipinski definition) is 2. The Morgan fingerprint density at radius 3 is 2.53 bits per heavy atom. The first-order valence-electron chi connectivity index (χ1n) is 9.53. The van der Waals surface area contributed by atoms with E-state index in [1.54, 1.807) is 18.2 Å². The summed E-state index contributed by atoms with van der Waals surface area (Å²) in [5.74, 6) is -0.580. The number of carbonyl (C=O) groups is 3. The number of rotatable bonds is 8. The molecule has 9 heteroatoms. The summed E-state index contributed by atoms with van der Waals surface area (Å²) in [7, 11) is 3.03. The summed E-state index contributed by atoms with van der Waals surface area (Å²) in [5.41, 5.74) is 7.49. The summed E-state index contributed by atoms with van der Waals surface area (Å²) in [5, 5.41) is 3.09. The van der Waals surface area contributed by atoms with E-state index in [4.69, 9.17) is 19.9 Å². The molecule has 0 radical (unpaired) electrons. The topological polar surface area (TPSA) is 117 Å². The van der Waals surface area contributed by atoms with Crippen molar-refractivity contribution in [2.24, 2.45) is 5.73 Å². The Hall–Kier alpha value is -3.07. The number of carbonyl (C=O) groups excluding carboxylic acids is 3. The molecule has 2 amide bonds.